The van der Waals surface area contributed by atoms with Gasteiger partial charge >= 0.3 is 0 Å². The Morgan fingerprint density at radius 2 is 1.00 bits per heavy atom. The van der Waals surface area contributed by atoms with Crippen molar-refractivity contribution in [3.05, 3.63) is 70.9 Å². The first-order valence-corrected chi connectivity index (χ1v) is 6.93. The van der Waals surface area contributed by atoms with Crippen molar-refractivity contribution < 1.29 is 4.42 Å². The summed E-state index contributed by atoms with van der Waals surface area (Å²) in [4.78, 5) is 12.9. The van der Waals surface area contributed by atoms with Crippen LogP contribution in [0.4, 0.5) is 0 Å². The largest absolute Gasteiger partial charge is 0.456 e. The number of fused-ring (bicyclic) bond motifs is 9. The van der Waals surface area contributed by atoms with Gasteiger partial charge in [-0.1, -0.05) is 48.5 Å². The van der Waals surface area contributed by atoms with E-state index in [9.17, 15) is 4.79 Å². The predicted molar refractivity (Wildman–Crippen MR) is 86.2 cm³/mol. The average Bonchev–Trinajstić information content (AvgIpc) is 3.12. The lowest BCUT2D eigenvalue weighted by molar-refractivity contribution is 0.679. The molecule has 2 heteroatoms. The second kappa shape index (κ2) is 3.61. The van der Waals surface area contributed by atoms with Crippen molar-refractivity contribution in [2.45, 2.75) is 0 Å². The van der Waals surface area contributed by atoms with Gasteiger partial charge in [-0.2, -0.15) is 0 Å². The van der Waals surface area contributed by atoms with Gasteiger partial charge in [0, 0.05) is 21.5 Å². The zero-order valence-corrected chi connectivity index (χ0v) is 11.1. The van der Waals surface area contributed by atoms with Crippen LogP contribution in [-0.2, 0) is 0 Å². The molecule has 2 nitrogen and oxygen atoms in total. The molecule has 0 spiro atoms. The molecule has 0 N–H and O–H groups in total. The zero-order chi connectivity index (χ0) is 14.0. The second-order valence-electron chi connectivity index (χ2n) is 5.33. The quantitative estimate of drug-likeness (QED) is 0.408. The first-order chi connectivity index (χ1) is 10.3. The Balaban J connectivity index is 2.36. The predicted octanol–water partition coefficient (Wildman–Crippen LogP) is 4.69. The van der Waals surface area contributed by atoms with E-state index in [1.807, 2.05) is 60.7 Å². The zero-order valence-electron chi connectivity index (χ0n) is 11.1. The van der Waals surface area contributed by atoms with Crippen LogP contribution >= 0.6 is 0 Å². The summed E-state index contributed by atoms with van der Waals surface area (Å²) in [6, 6.07) is 19.5. The summed E-state index contributed by atoms with van der Waals surface area (Å²) in [7, 11) is 0. The molecule has 0 fully saturated rings. The Labute approximate surface area is 119 Å². The van der Waals surface area contributed by atoms with Crippen molar-refractivity contribution in [3.8, 4) is 0 Å². The van der Waals surface area contributed by atoms with Crippen LogP contribution in [0.25, 0.3) is 43.5 Å². The van der Waals surface area contributed by atoms with Gasteiger partial charge < -0.3 is 4.42 Å². The SMILES string of the molecule is O=c1c2ccccc2c2c3ccc(o3)c2c2ccccc12. The van der Waals surface area contributed by atoms with Crippen LogP contribution in [0, 0.1) is 0 Å². The summed E-state index contributed by atoms with van der Waals surface area (Å²) < 4.78 is 5.86. The van der Waals surface area contributed by atoms with Gasteiger partial charge in [0.15, 0.2) is 5.43 Å². The number of benzene rings is 3. The van der Waals surface area contributed by atoms with E-state index in [1.165, 1.54) is 0 Å². The maximum absolute atomic E-state index is 12.9. The third kappa shape index (κ3) is 1.24. The first-order valence-electron chi connectivity index (χ1n) is 6.93. The molecule has 0 radical (unpaired) electrons. The monoisotopic (exact) mass is 270 g/mol. The molecule has 21 heavy (non-hydrogen) atoms. The summed E-state index contributed by atoms with van der Waals surface area (Å²) in [5, 5.41) is 5.49. The summed E-state index contributed by atoms with van der Waals surface area (Å²) in [6.07, 6.45) is 0. The molecular weight excluding hydrogens is 260 g/mol. The molecule has 0 aliphatic carbocycles. The van der Waals surface area contributed by atoms with Crippen molar-refractivity contribution in [2.24, 2.45) is 0 Å². The average molecular weight is 270 g/mol. The van der Waals surface area contributed by atoms with Crippen LogP contribution < -0.4 is 5.43 Å². The second-order valence-corrected chi connectivity index (χ2v) is 5.33. The minimum atomic E-state index is 0.0798. The summed E-state index contributed by atoms with van der Waals surface area (Å²) in [5.41, 5.74) is 1.77. The van der Waals surface area contributed by atoms with Gasteiger partial charge in [0.2, 0.25) is 0 Å². The van der Waals surface area contributed by atoms with Gasteiger partial charge in [0.1, 0.15) is 11.2 Å². The van der Waals surface area contributed by atoms with Crippen LogP contribution in [0.5, 0.6) is 0 Å². The summed E-state index contributed by atoms with van der Waals surface area (Å²) in [6.45, 7) is 0. The third-order valence-corrected chi connectivity index (χ3v) is 4.23. The molecule has 0 unspecified atom stereocenters. The van der Waals surface area contributed by atoms with E-state index in [1.54, 1.807) is 0 Å². The van der Waals surface area contributed by atoms with Crippen molar-refractivity contribution in [1.82, 2.24) is 0 Å². The van der Waals surface area contributed by atoms with Gasteiger partial charge in [0.05, 0.1) is 0 Å². The Kier molecular flexibility index (Phi) is 1.87. The molecule has 0 saturated heterocycles. The fourth-order valence-electron chi connectivity index (χ4n) is 3.33. The number of furan rings is 2. The molecule has 2 heterocycles. The molecule has 2 bridgehead atoms. The van der Waals surface area contributed by atoms with Gasteiger partial charge in [-0.3, -0.25) is 4.79 Å². The van der Waals surface area contributed by atoms with Crippen LogP contribution in [0.1, 0.15) is 0 Å². The molecule has 2 aromatic heterocycles. The highest BCUT2D eigenvalue weighted by Gasteiger charge is 2.16. The van der Waals surface area contributed by atoms with Crippen molar-refractivity contribution in [1.29, 1.82) is 0 Å². The molecule has 0 aliphatic heterocycles. The van der Waals surface area contributed by atoms with Crippen LogP contribution in [0.3, 0.4) is 0 Å². The maximum atomic E-state index is 12.9. The number of rotatable bonds is 0. The van der Waals surface area contributed by atoms with Gasteiger partial charge in [0.25, 0.3) is 0 Å². The third-order valence-electron chi connectivity index (χ3n) is 4.23. The minimum absolute atomic E-state index is 0.0798. The Bertz CT molecular complexity index is 1110. The van der Waals surface area contributed by atoms with E-state index < -0.39 is 0 Å². The molecule has 3 aromatic carbocycles. The van der Waals surface area contributed by atoms with Gasteiger partial charge in [-0.05, 0) is 22.9 Å². The Morgan fingerprint density at radius 3 is 1.48 bits per heavy atom. The van der Waals surface area contributed by atoms with Crippen molar-refractivity contribution in [2.75, 3.05) is 0 Å². The fourth-order valence-corrected chi connectivity index (χ4v) is 3.33. The topological polar surface area (TPSA) is 30.2 Å². The first kappa shape index (κ1) is 10.9. The fraction of sp³-hybridized carbons (Fsp3) is 0. The highest BCUT2D eigenvalue weighted by Crippen LogP contribution is 2.38. The standard InChI is InChI=1S/C19H10O2/c20-19-13-7-3-1-5-11(13)17-15-9-10-16(21-15)18(17)12-6-2-4-8-14(12)19/h1-10H. The van der Waals surface area contributed by atoms with E-state index in [4.69, 9.17) is 4.42 Å². The lowest BCUT2D eigenvalue weighted by Gasteiger charge is -1.94. The van der Waals surface area contributed by atoms with Crippen LogP contribution in [0.2, 0.25) is 0 Å². The molecule has 98 valence electrons. The molecular formula is C19H10O2. The van der Waals surface area contributed by atoms with Crippen molar-refractivity contribution in [3.63, 3.8) is 0 Å². The molecule has 0 amide bonds. The molecule has 5 aromatic rings. The molecule has 0 atom stereocenters. The lowest BCUT2D eigenvalue weighted by Crippen LogP contribution is -1.97. The number of hydrogen-bond acceptors (Lipinski definition) is 2. The molecule has 5 rings (SSSR count). The normalized spacial score (nSPS) is 12.0. The minimum Gasteiger partial charge on any atom is -0.456 e. The Hall–Kier alpha value is -2.87. The van der Waals surface area contributed by atoms with E-state index in [0.29, 0.717) is 0 Å². The summed E-state index contributed by atoms with van der Waals surface area (Å²) >= 11 is 0. The van der Waals surface area contributed by atoms with E-state index >= 15 is 0 Å². The highest BCUT2D eigenvalue weighted by atomic mass is 16.3. The Morgan fingerprint density at radius 1 is 0.571 bits per heavy atom. The maximum Gasteiger partial charge on any atom is 0.194 e. The number of hydrogen-bond donors (Lipinski definition) is 0. The van der Waals surface area contributed by atoms with Crippen LogP contribution in [-0.4, -0.2) is 0 Å². The molecule has 0 saturated carbocycles. The summed E-state index contributed by atoms with van der Waals surface area (Å²) in [5.74, 6) is 0. The van der Waals surface area contributed by atoms with Crippen molar-refractivity contribution >= 4 is 43.5 Å². The lowest BCUT2D eigenvalue weighted by atomic mass is 10.1. The molecule has 0 aliphatic rings. The van der Waals surface area contributed by atoms with Crippen LogP contribution in [0.15, 0.2) is 69.9 Å². The van der Waals surface area contributed by atoms with E-state index in [2.05, 4.69) is 0 Å². The van der Waals surface area contributed by atoms with E-state index in [0.717, 1.165) is 43.5 Å². The highest BCUT2D eigenvalue weighted by molar-refractivity contribution is 6.27. The van der Waals surface area contributed by atoms with Gasteiger partial charge in [-0.15, -0.1) is 0 Å². The smallest absolute Gasteiger partial charge is 0.194 e. The van der Waals surface area contributed by atoms with E-state index in [-0.39, 0.29) is 5.43 Å². The van der Waals surface area contributed by atoms with Gasteiger partial charge in [-0.25, -0.2) is 0 Å².